The van der Waals surface area contributed by atoms with Crippen LogP contribution in [-0.4, -0.2) is 27.2 Å². The van der Waals surface area contributed by atoms with Gasteiger partial charge in [0.1, 0.15) is 5.56 Å². The van der Waals surface area contributed by atoms with Crippen molar-refractivity contribution in [1.29, 1.82) is 0 Å². The lowest BCUT2D eigenvalue weighted by molar-refractivity contribution is -0.112. The maximum Gasteiger partial charge on any atom is 0.333 e. The number of aromatic hydroxyl groups is 1. The number of amides is 1. The fourth-order valence-electron chi connectivity index (χ4n) is 2.67. The molecule has 7 nitrogen and oxygen atoms in total. The van der Waals surface area contributed by atoms with Crippen LogP contribution < -0.4 is 16.1 Å². The van der Waals surface area contributed by atoms with Gasteiger partial charge in [-0.1, -0.05) is 18.2 Å². The molecule has 1 aliphatic heterocycles. The second kappa shape index (κ2) is 4.98. The fraction of sp³-hybridized carbons (Fsp3) is 0.188. The first-order chi connectivity index (χ1) is 10.8. The summed E-state index contributed by atoms with van der Waals surface area (Å²) in [6.45, 7) is 0. The van der Waals surface area contributed by atoms with Crippen molar-refractivity contribution in [2.75, 3.05) is 11.9 Å². The topological polar surface area (TPSA) is 84.5 Å². The lowest BCUT2D eigenvalue weighted by Gasteiger charge is -2.09. The summed E-state index contributed by atoms with van der Waals surface area (Å²) < 4.78 is 1.85. The molecular formula is C16H15N3O4. The Labute approximate surface area is 131 Å². The zero-order valence-corrected chi connectivity index (χ0v) is 12.9. The maximum absolute atomic E-state index is 12.4. The van der Waals surface area contributed by atoms with Crippen molar-refractivity contribution in [3.63, 3.8) is 0 Å². The molecule has 0 unspecified atom stereocenters. The molecule has 0 fully saturated rings. The average molecular weight is 313 g/mol. The Bertz CT molecular complexity index is 982. The van der Waals surface area contributed by atoms with Crippen LogP contribution in [0.15, 0.2) is 33.9 Å². The molecule has 2 heterocycles. The minimum Gasteiger partial charge on any atom is -0.494 e. The van der Waals surface area contributed by atoms with Crippen LogP contribution in [-0.2, 0) is 18.9 Å². The van der Waals surface area contributed by atoms with Gasteiger partial charge in [-0.3, -0.25) is 18.7 Å². The van der Waals surface area contributed by atoms with E-state index in [1.807, 2.05) is 6.07 Å². The first-order valence-electron chi connectivity index (χ1n) is 6.92. The largest absolute Gasteiger partial charge is 0.494 e. The summed E-state index contributed by atoms with van der Waals surface area (Å²) in [4.78, 5) is 38.0. The van der Waals surface area contributed by atoms with Gasteiger partial charge in [-0.15, -0.1) is 0 Å². The van der Waals surface area contributed by atoms with E-state index in [2.05, 4.69) is 0 Å². The van der Waals surface area contributed by atoms with Crippen LogP contribution in [0.5, 0.6) is 5.88 Å². The van der Waals surface area contributed by atoms with Gasteiger partial charge in [0.25, 0.3) is 11.5 Å². The average Bonchev–Trinajstić information content (AvgIpc) is 2.80. The third kappa shape index (κ3) is 2.01. The van der Waals surface area contributed by atoms with Crippen LogP contribution in [0, 0.1) is 0 Å². The SMILES string of the molecule is CN1C(=O)/C(=C\c2c(O)n(C)c(=O)n(C)c2=O)c2ccccc21. The van der Waals surface area contributed by atoms with Crippen LogP contribution in [0.1, 0.15) is 11.1 Å². The van der Waals surface area contributed by atoms with E-state index in [1.54, 1.807) is 25.2 Å². The second-order valence-corrected chi connectivity index (χ2v) is 5.38. The Morgan fingerprint density at radius 3 is 2.35 bits per heavy atom. The highest BCUT2D eigenvalue weighted by Crippen LogP contribution is 2.36. The van der Waals surface area contributed by atoms with E-state index >= 15 is 0 Å². The molecule has 3 rings (SSSR count). The van der Waals surface area contributed by atoms with Gasteiger partial charge in [-0.25, -0.2) is 4.79 Å². The summed E-state index contributed by atoms with van der Waals surface area (Å²) in [6, 6.07) is 7.17. The number of hydrogen-bond donors (Lipinski definition) is 1. The van der Waals surface area contributed by atoms with Crippen LogP contribution in [0.2, 0.25) is 0 Å². The molecule has 0 radical (unpaired) electrons. The molecule has 1 aromatic heterocycles. The molecule has 1 N–H and O–H groups in total. The predicted octanol–water partition coefficient (Wildman–Crippen LogP) is 0.307. The molecule has 23 heavy (non-hydrogen) atoms. The van der Waals surface area contributed by atoms with Gasteiger partial charge in [0, 0.05) is 26.7 Å². The third-order valence-corrected chi connectivity index (χ3v) is 4.05. The van der Waals surface area contributed by atoms with Gasteiger partial charge in [-0.2, -0.15) is 0 Å². The Kier molecular flexibility index (Phi) is 3.21. The molecule has 0 aliphatic carbocycles. The number of aromatic nitrogens is 2. The lowest BCUT2D eigenvalue weighted by Crippen LogP contribution is -2.38. The Hall–Kier alpha value is -3.09. The number of anilines is 1. The monoisotopic (exact) mass is 313 g/mol. The zero-order valence-electron chi connectivity index (χ0n) is 12.9. The number of para-hydroxylation sites is 1. The van der Waals surface area contributed by atoms with E-state index < -0.39 is 17.1 Å². The number of carbonyl (C=O) groups is 1. The number of fused-ring (bicyclic) bond motifs is 1. The summed E-state index contributed by atoms with van der Waals surface area (Å²) in [5.41, 5.74) is 0.320. The molecule has 0 saturated heterocycles. The van der Waals surface area contributed by atoms with E-state index in [0.717, 1.165) is 14.8 Å². The molecule has 1 aliphatic rings. The van der Waals surface area contributed by atoms with E-state index in [1.165, 1.54) is 25.1 Å². The number of likely N-dealkylation sites (N-methyl/N-ethyl adjacent to an activating group) is 1. The van der Waals surface area contributed by atoms with Crippen LogP contribution >= 0.6 is 0 Å². The summed E-state index contributed by atoms with van der Waals surface area (Å²) in [6.07, 6.45) is 1.34. The van der Waals surface area contributed by atoms with E-state index in [-0.39, 0.29) is 11.5 Å². The molecule has 0 atom stereocenters. The standard InChI is InChI=1S/C16H15N3O4/c1-17-12-7-5-4-6-9(12)10(13(17)20)8-11-14(21)18(2)16(23)19(3)15(11)22/h4-8,21H,1-3H3/b10-8-. The number of benzene rings is 1. The number of nitrogens with zero attached hydrogens (tertiary/aromatic N) is 3. The lowest BCUT2D eigenvalue weighted by atomic mass is 10.1. The van der Waals surface area contributed by atoms with Crippen molar-refractivity contribution in [3.05, 3.63) is 56.2 Å². The quantitative estimate of drug-likeness (QED) is 0.768. The van der Waals surface area contributed by atoms with Crippen molar-refractivity contribution in [1.82, 2.24) is 9.13 Å². The van der Waals surface area contributed by atoms with E-state index in [0.29, 0.717) is 11.1 Å². The number of hydrogen-bond acceptors (Lipinski definition) is 4. The Morgan fingerprint density at radius 2 is 1.65 bits per heavy atom. The molecule has 2 aromatic rings. The number of rotatable bonds is 1. The zero-order chi connectivity index (χ0) is 16.9. The molecule has 1 aromatic carbocycles. The van der Waals surface area contributed by atoms with Crippen molar-refractivity contribution in [2.24, 2.45) is 14.1 Å². The first-order valence-corrected chi connectivity index (χ1v) is 6.92. The summed E-state index contributed by atoms with van der Waals surface area (Å²) in [5, 5.41) is 10.1. The minimum atomic E-state index is -0.655. The second-order valence-electron chi connectivity index (χ2n) is 5.38. The van der Waals surface area contributed by atoms with Crippen molar-refractivity contribution in [3.8, 4) is 5.88 Å². The van der Waals surface area contributed by atoms with Crippen LogP contribution in [0.4, 0.5) is 5.69 Å². The molecule has 0 saturated carbocycles. The highest BCUT2D eigenvalue weighted by molar-refractivity contribution is 6.35. The maximum atomic E-state index is 12.4. The summed E-state index contributed by atoms with van der Waals surface area (Å²) in [7, 11) is 4.32. The number of carbonyl (C=O) groups excluding carboxylic acids is 1. The van der Waals surface area contributed by atoms with Crippen molar-refractivity contribution in [2.45, 2.75) is 0 Å². The molecule has 0 spiro atoms. The van der Waals surface area contributed by atoms with Crippen molar-refractivity contribution >= 4 is 23.2 Å². The van der Waals surface area contributed by atoms with E-state index in [4.69, 9.17) is 0 Å². The van der Waals surface area contributed by atoms with Gasteiger partial charge in [-0.05, 0) is 12.1 Å². The molecule has 118 valence electrons. The molecule has 1 amide bonds. The smallest absolute Gasteiger partial charge is 0.333 e. The minimum absolute atomic E-state index is 0.0944. The van der Waals surface area contributed by atoms with Crippen LogP contribution in [0.3, 0.4) is 0 Å². The molecule has 7 heteroatoms. The summed E-state index contributed by atoms with van der Waals surface area (Å²) >= 11 is 0. The summed E-state index contributed by atoms with van der Waals surface area (Å²) in [5.74, 6) is -0.744. The highest BCUT2D eigenvalue weighted by Gasteiger charge is 2.30. The van der Waals surface area contributed by atoms with Gasteiger partial charge in [0.2, 0.25) is 5.88 Å². The highest BCUT2D eigenvalue weighted by atomic mass is 16.3. The predicted molar refractivity (Wildman–Crippen MR) is 86.3 cm³/mol. The molecular weight excluding hydrogens is 298 g/mol. The molecule has 0 bridgehead atoms. The van der Waals surface area contributed by atoms with Crippen LogP contribution in [0.25, 0.3) is 11.6 Å². The van der Waals surface area contributed by atoms with Gasteiger partial charge in [0.15, 0.2) is 0 Å². The first kappa shape index (κ1) is 14.8. The van der Waals surface area contributed by atoms with Crippen molar-refractivity contribution < 1.29 is 9.90 Å². The van der Waals surface area contributed by atoms with E-state index in [9.17, 15) is 19.5 Å². The fourth-order valence-corrected chi connectivity index (χ4v) is 2.67. The van der Waals surface area contributed by atoms with Gasteiger partial charge in [0.05, 0.1) is 11.3 Å². The van der Waals surface area contributed by atoms with Gasteiger partial charge < -0.3 is 10.0 Å². The third-order valence-electron chi connectivity index (χ3n) is 4.05. The Morgan fingerprint density at radius 1 is 1.00 bits per heavy atom. The Balaban J connectivity index is 2.31. The van der Waals surface area contributed by atoms with Gasteiger partial charge >= 0.3 is 5.69 Å². The normalized spacial score (nSPS) is 15.3.